The van der Waals surface area contributed by atoms with Crippen molar-refractivity contribution in [2.24, 2.45) is 0 Å². The van der Waals surface area contributed by atoms with Gasteiger partial charge >= 0.3 is 6.18 Å². The topological polar surface area (TPSA) is 96.5 Å². The molecule has 1 aliphatic carbocycles. The summed E-state index contributed by atoms with van der Waals surface area (Å²) in [6.07, 6.45) is -1.55. The first kappa shape index (κ1) is 17.8. The Hall–Kier alpha value is -2.96. The fourth-order valence-corrected chi connectivity index (χ4v) is 2.94. The van der Waals surface area contributed by atoms with Crippen LogP contribution in [-0.4, -0.2) is 31.7 Å². The van der Waals surface area contributed by atoms with Gasteiger partial charge < -0.3 is 5.32 Å². The molecule has 10 heteroatoms. The number of rotatable bonds is 4. The molecule has 1 heterocycles. The van der Waals surface area contributed by atoms with Crippen LogP contribution in [0.25, 0.3) is 11.4 Å². The molecule has 1 fully saturated rings. The van der Waals surface area contributed by atoms with Crippen molar-refractivity contribution in [2.45, 2.75) is 43.9 Å². The molecule has 1 aromatic carbocycles. The zero-order chi connectivity index (χ0) is 18.8. The van der Waals surface area contributed by atoms with Gasteiger partial charge in [0.1, 0.15) is 12.1 Å². The van der Waals surface area contributed by atoms with E-state index in [0.717, 1.165) is 29.8 Å². The van der Waals surface area contributed by atoms with Crippen LogP contribution in [0.5, 0.6) is 0 Å². The minimum atomic E-state index is -4.47. The molecule has 136 valence electrons. The van der Waals surface area contributed by atoms with E-state index >= 15 is 0 Å². The number of hydrogen-bond donors (Lipinski definition) is 1. The van der Waals surface area contributed by atoms with Crippen molar-refractivity contribution in [3.63, 3.8) is 0 Å². The SMILES string of the molecule is N#CC1(NC(=O)Cn2nnc(-c3cccc(C(F)(F)F)c3)n2)CCCC1. The van der Waals surface area contributed by atoms with Crippen LogP contribution < -0.4 is 5.32 Å². The summed E-state index contributed by atoms with van der Waals surface area (Å²) in [6.45, 7) is -0.268. The second-order valence-corrected chi connectivity index (χ2v) is 6.17. The summed E-state index contributed by atoms with van der Waals surface area (Å²) < 4.78 is 38.3. The predicted octanol–water partition coefficient (Wildman–Crippen LogP) is 2.31. The molecular weight excluding hydrogens is 349 g/mol. The van der Waals surface area contributed by atoms with E-state index < -0.39 is 23.2 Å². The van der Waals surface area contributed by atoms with Gasteiger partial charge in [0, 0.05) is 5.56 Å². The summed E-state index contributed by atoms with van der Waals surface area (Å²) in [5, 5.41) is 23.3. The standard InChI is InChI=1S/C16H15F3N6O/c17-16(18,19)12-5-3-4-11(8-12)14-22-24-25(23-14)9-13(26)21-15(10-20)6-1-2-7-15/h3-5,8H,1-2,6-7,9H2,(H,21,26). The molecule has 1 saturated carbocycles. The summed E-state index contributed by atoms with van der Waals surface area (Å²) in [7, 11) is 0. The zero-order valence-corrected chi connectivity index (χ0v) is 13.6. The maximum atomic E-state index is 12.8. The van der Waals surface area contributed by atoms with Gasteiger partial charge in [-0.25, -0.2) is 0 Å². The summed E-state index contributed by atoms with van der Waals surface area (Å²) in [5.74, 6) is -0.457. The van der Waals surface area contributed by atoms with Crippen molar-refractivity contribution in [3.8, 4) is 17.5 Å². The summed E-state index contributed by atoms with van der Waals surface area (Å²) in [5.41, 5.74) is -1.53. The van der Waals surface area contributed by atoms with E-state index in [9.17, 15) is 23.2 Å². The largest absolute Gasteiger partial charge is 0.416 e. The monoisotopic (exact) mass is 364 g/mol. The fraction of sp³-hybridized carbons (Fsp3) is 0.438. The van der Waals surface area contributed by atoms with E-state index in [1.54, 1.807) is 0 Å². The van der Waals surface area contributed by atoms with Gasteiger partial charge in [-0.15, -0.1) is 10.2 Å². The molecule has 0 bridgehead atoms. The van der Waals surface area contributed by atoms with Crippen molar-refractivity contribution < 1.29 is 18.0 Å². The van der Waals surface area contributed by atoms with Gasteiger partial charge in [0.15, 0.2) is 0 Å². The molecule has 1 aliphatic rings. The molecule has 0 spiro atoms. The van der Waals surface area contributed by atoms with E-state index in [0.29, 0.717) is 12.8 Å². The molecule has 0 unspecified atom stereocenters. The predicted molar refractivity (Wildman–Crippen MR) is 83.2 cm³/mol. The number of aromatic nitrogens is 4. The van der Waals surface area contributed by atoms with Crippen LogP contribution in [0.1, 0.15) is 31.2 Å². The van der Waals surface area contributed by atoms with Crippen LogP contribution in [0.4, 0.5) is 13.2 Å². The van der Waals surface area contributed by atoms with Crippen LogP contribution in [0, 0.1) is 11.3 Å². The number of nitrogens with zero attached hydrogens (tertiary/aromatic N) is 5. The van der Waals surface area contributed by atoms with Crippen molar-refractivity contribution in [2.75, 3.05) is 0 Å². The molecular formula is C16H15F3N6O. The number of carbonyl (C=O) groups is 1. The van der Waals surface area contributed by atoms with Crippen molar-refractivity contribution in [3.05, 3.63) is 29.8 Å². The molecule has 1 N–H and O–H groups in total. The van der Waals surface area contributed by atoms with Gasteiger partial charge in [0.2, 0.25) is 11.7 Å². The molecule has 1 aromatic heterocycles. The highest BCUT2D eigenvalue weighted by molar-refractivity contribution is 5.77. The lowest BCUT2D eigenvalue weighted by Crippen LogP contribution is -2.46. The highest BCUT2D eigenvalue weighted by Crippen LogP contribution is 2.31. The number of tetrazole rings is 1. The molecule has 2 aromatic rings. The number of carbonyl (C=O) groups excluding carboxylic acids is 1. The Morgan fingerprint density at radius 3 is 2.73 bits per heavy atom. The Morgan fingerprint density at radius 1 is 1.35 bits per heavy atom. The molecule has 0 atom stereocenters. The maximum Gasteiger partial charge on any atom is 0.416 e. The highest BCUT2D eigenvalue weighted by atomic mass is 19.4. The molecule has 7 nitrogen and oxygen atoms in total. The molecule has 26 heavy (non-hydrogen) atoms. The van der Waals surface area contributed by atoms with E-state index in [1.807, 2.05) is 0 Å². The minimum Gasteiger partial charge on any atom is -0.336 e. The van der Waals surface area contributed by atoms with Crippen LogP contribution in [0.15, 0.2) is 24.3 Å². The first-order chi connectivity index (χ1) is 12.3. The smallest absolute Gasteiger partial charge is 0.336 e. The lowest BCUT2D eigenvalue weighted by Gasteiger charge is -2.21. The minimum absolute atomic E-state index is 0.0141. The van der Waals surface area contributed by atoms with Gasteiger partial charge in [-0.05, 0) is 43.0 Å². The first-order valence-electron chi connectivity index (χ1n) is 7.99. The summed E-state index contributed by atoms with van der Waals surface area (Å²) in [6, 6.07) is 6.69. The number of benzene rings is 1. The van der Waals surface area contributed by atoms with Crippen LogP contribution in [0.3, 0.4) is 0 Å². The summed E-state index contributed by atoms with van der Waals surface area (Å²) in [4.78, 5) is 13.1. The second kappa shape index (κ2) is 6.74. The van der Waals surface area contributed by atoms with E-state index in [1.165, 1.54) is 12.1 Å². The second-order valence-electron chi connectivity index (χ2n) is 6.17. The third-order valence-corrected chi connectivity index (χ3v) is 4.24. The van der Waals surface area contributed by atoms with Gasteiger partial charge in [0.05, 0.1) is 11.6 Å². The first-order valence-corrected chi connectivity index (χ1v) is 7.99. The normalized spacial score (nSPS) is 16.2. The van der Waals surface area contributed by atoms with Gasteiger partial charge in [-0.3, -0.25) is 4.79 Å². The Kier molecular flexibility index (Phi) is 4.63. The number of alkyl halides is 3. The number of amides is 1. The Morgan fingerprint density at radius 2 is 2.08 bits per heavy atom. The Labute approximate surface area is 146 Å². The van der Waals surface area contributed by atoms with Crippen molar-refractivity contribution in [1.29, 1.82) is 5.26 Å². The average Bonchev–Trinajstić information content (AvgIpc) is 3.24. The van der Waals surface area contributed by atoms with Gasteiger partial charge in [-0.2, -0.15) is 23.2 Å². The lowest BCUT2D eigenvalue weighted by molar-refractivity contribution is -0.137. The number of nitrogens with one attached hydrogen (secondary N) is 1. The molecule has 3 rings (SSSR count). The maximum absolute atomic E-state index is 12.8. The van der Waals surface area contributed by atoms with Crippen LogP contribution in [-0.2, 0) is 17.5 Å². The number of nitriles is 1. The zero-order valence-electron chi connectivity index (χ0n) is 13.6. The van der Waals surface area contributed by atoms with Gasteiger partial charge in [0.25, 0.3) is 0 Å². The third-order valence-electron chi connectivity index (χ3n) is 4.24. The summed E-state index contributed by atoms with van der Waals surface area (Å²) >= 11 is 0. The Balaban J connectivity index is 1.70. The number of halogens is 3. The Bertz CT molecular complexity index is 848. The molecule has 0 aliphatic heterocycles. The molecule has 0 radical (unpaired) electrons. The quantitative estimate of drug-likeness (QED) is 0.898. The molecule has 1 amide bonds. The van der Waals surface area contributed by atoms with Crippen LogP contribution >= 0.6 is 0 Å². The fourth-order valence-electron chi connectivity index (χ4n) is 2.94. The average molecular weight is 364 g/mol. The van der Waals surface area contributed by atoms with Crippen molar-refractivity contribution >= 4 is 5.91 Å². The lowest BCUT2D eigenvalue weighted by atomic mass is 10.00. The van der Waals surface area contributed by atoms with E-state index in [4.69, 9.17) is 0 Å². The van der Waals surface area contributed by atoms with Crippen molar-refractivity contribution in [1.82, 2.24) is 25.5 Å². The number of hydrogen-bond acceptors (Lipinski definition) is 5. The van der Waals surface area contributed by atoms with E-state index in [-0.39, 0.29) is 17.9 Å². The third kappa shape index (κ3) is 3.82. The molecule has 0 saturated heterocycles. The van der Waals surface area contributed by atoms with Gasteiger partial charge in [-0.1, -0.05) is 12.1 Å². The van der Waals surface area contributed by atoms with E-state index in [2.05, 4.69) is 26.8 Å². The highest BCUT2D eigenvalue weighted by Gasteiger charge is 2.35. The van der Waals surface area contributed by atoms with Crippen LogP contribution in [0.2, 0.25) is 0 Å².